The number of piperazine rings is 1. The topological polar surface area (TPSA) is 48.5 Å². The molecule has 1 aromatic carbocycles. The van der Waals surface area contributed by atoms with Crippen molar-refractivity contribution in [2.75, 3.05) is 37.6 Å². The molecular weight excluding hydrogens is 300 g/mol. The number of aromatic nitrogens is 1. The van der Waals surface area contributed by atoms with Crippen LogP contribution in [-0.2, 0) is 4.79 Å². The Morgan fingerprint density at radius 1 is 1.21 bits per heavy atom. The van der Waals surface area contributed by atoms with Crippen molar-refractivity contribution >= 4 is 22.5 Å². The molecule has 1 aliphatic heterocycles. The molecule has 1 aliphatic carbocycles. The maximum absolute atomic E-state index is 12.0. The minimum absolute atomic E-state index is 0.177. The van der Waals surface area contributed by atoms with E-state index >= 15 is 0 Å². The smallest absolute Gasteiger partial charge is 0.234 e. The maximum atomic E-state index is 12.0. The van der Waals surface area contributed by atoms with E-state index in [1.807, 2.05) is 6.20 Å². The Morgan fingerprint density at radius 2 is 2.00 bits per heavy atom. The molecule has 5 nitrogen and oxygen atoms in total. The molecule has 4 rings (SSSR count). The number of anilines is 1. The first-order chi connectivity index (χ1) is 11.7. The highest BCUT2D eigenvalue weighted by atomic mass is 16.2. The number of rotatable bonds is 4. The quantitative estimate of drug-likeness (QED) is 0.934. The summed E-state index contributed by atoms with van der Waals surface area (Å²) in [5.74, 6) is 0.177. The lowest BCUT2D eigenvalue weighted by Crippen LogP contribution is -2.49. The summed E-state index contributed by atoms with van der Waals surface area (Å²) in [6.45, 7) is 6.39. The molecule has 2 aliphatic rings. The summed E-state index contributed by atoms with van der Waals surface area (Å²) in [7, 11) is 0. The van der Waals surface area contributed by atoms with Crippen LogP contribution in [0, 0.1) is 6.92 Å². The first-order valence-corrected chi connectivity index (χ1v) is 8.81. The fourth-order valence-electron chi connectivity index (χ4n) is 3.37. The van der Waals surface area contributed by atoms with Gasteiger partial charge in [0.05, 0.1) is 12.1 Å². The van der Waals surface area contributed by atoms with E-state index in [1.165, 1.54) is 16.6 Å². The maximum Gasteiger partial charge on any atom is 0.234 e. The first-order valence-electron chi connectivity index (χ1n) is 8.81. The van der Waals surface area contributed by atoms with Crippen LogP contribution >= 0.6 is 0 Å². The van der Waals surface area contributed by atoms with Crippen molar-refractivity contribution in [1.29, 1.82) is 0 Å². The van der Waals surface area contributed by atoms with E-state index in [4.69, 9.17) is 0 Å². The zero-order chi connectivity index (χ0) is 16.5. The minimum Gasteiger partial charge on any atom is -0.368 e. The van der Waals surface area contributed by atoms with Gasteiger partial charge in [0.1, 0.15) is 0 Å². The van der Waals surface area contributed by atoms with Gasteiger partial charge in [-0.05, 0) is 38.0 Å². The third-order valence-corrected chi connectivity index (χ3v) is 4.90. The number of hydrogen-bond donors (Lipinski definition) is 1. The van der Waals surface area contributed by atoms with Crippen molar-refractivity contribution in [3.63, 3.8) is 0 Å². The van der Waals surface area contributed by atoms with E-state index in [2.05, 4.69) is 51.3 Å². The largest absolute Gasteiger partial charge is 0.368 e. The Hall–Kier alpha value is -2.14. The van der Waals surface area contributed by atoms with E-state index in [0.29, 0.717) is 12.6 Å². The summed E-state index contributed by atoms with van der Waals surface area (Å²) in [5, 5.41) is 4.29. The number of hydrogen-bond acceptors (Lipinski definition) is 4. The van der Waals surface area contributed by atoms with Gasteiger partial charge in [0.25, 0.3) is 0 Å². The van der Waals surface area contributed by atoms with Crippen LogP contribution in [0.15, 0.2) is 30.5 Å². The second kappa shape index (κ2) is 6.40. The van der Waals surface area contributed by atoms with E-state index in [1.54, 1.807) is 0 Å². The number of carbonyl (C=O) groups excluding carboxylic acids is 1. The van der Waals surface area contributed by atoms with Gasteiger partial charge in [-0.2, -0.15) is 0 Å². The second-order valence-electron chi connectivity index (χ2n) is 6.96. The van der Waals surface area contributed by atoms with Gasteiger partial charge >= 0.3 is 0 Å². The van der Waals surface area contributed by atoms with Crippen LogP contribution in [0.1, 0.15) is 18.4 Å². The number of aryl methyl sites for hydroxylation is 1. The molecule has 1 saturated carbocycles. The third kappa shape index (κ3) is 3.36. The van der Waals surface area contributed by atoms with Crippen LogP contribution in [-0.4, -0.2) is 54.6 Å². The summed E-state index contributed by atoms with van der Waals surface area (Å²) in [6.07, 6.45) is 4.19. The summed E-state index contributed by atoms with van der Waals surface area (Å²) in [4.78, 5) is 21.1. The summed E-state index contributed by atoms with van der Waals surface area (Å²) in [6, 6.07) is 8.97. The molecule has 0 spiro atoms. The van der Waals surface area contributed by atoms with E-state index in [9.17, 15) is 4.79 Å². The molecular formula is C19H24N4O. The first kappa shape index (κ1) is 15.4. The minimum atomic E-state index is 0.177. The lowest BCUT2D eigenvalue weighted by molar-refractivity contribution is -0.122. The van der Waals surface area contributed by atoms with Gasteiger partial charge in [-0.1, -0.05) is 11.6 Å². The number of nitrogens with zero attached hydrogens (tertiary/aromatic N) is 3. The normalized spacial score (nSPS) is 18.8. The number of nitrogens with one attached hydrogen (secondary N) is 1. The van der Waals surface area contributed by atoms with Crippen LogP contribution < -0.4 is 10.2 Å². The van der Waals surface area contributed by atoms with E-state index in [0.717, 1.165) is 44.5 Å². The van der Waals surface area contributed by atoms with Crippen molar-refractivity contribution in [3.8, 4) is 0 Å². The average Bonchev–Trinajstić information content (AvgIpc) is 3.39. The molecule has 2 fully saturated rings. The van der Waals surface area contributed by atoms with Crippen LogP contribution in [0.3, 0.4) is 0 Å². The van der Waals surface area contributed by atoms with Crippen molar-refractivity contribution in [2.45, 2.75) is 25.8 Å². The summed E-state index contributed by atoms with van der Waals surface area (Å²) in [5.41, 5.74) is 3.56. The van der Waals surface area contributed by atoms with Gasteiger partial charge in [-0.15, -0.1) is 0 Å². The Labute approximate surface area is 142 Å². The summed E-state index contributed by atoms with van der Waals surface area (Å²) < 4.78 is 0. The molecule has 1 N–H and O–H groups in total. The molecule has 0 atom stereocenters. The van der Waals surface area contributed by atoms with Crippen molar-refractivity contribution in [1.82, 2.24) is 15.2 Å². The van der Waals surface area contributed by atoms with E-state index in [-0.39, 0.29) is 5.91 Å². The molecule has 0 unspecified atom stereocenters. The molecule has 1 saturated heterocycles. The van der Waals surface area contributed by atoms with Gasteiger partial charge in [0, 0.05) is 49.5 Å². The monoisotopic (exact) mass is 324 g/mol. The molecule has 1 aromatic heterocycles. The van der Waals surface area contributed by atoms with Gasteiger partial charge in [-0.3, -0.25) is 14.7 Å². The summed E-state index contributed by atoms with van der Waals surface area (Å²) >= 11 is 0. The highest BCUT2D eigenvalue weighted by Crippen LogP contribution is 2.27. The third-order valence-electron chi connectivity index (χ3n) is 4.90. The van der Waals surface area contributed by atoms with Crippen LogP contribution in [0.25, 0.3) is 10.9 Å². The standard InChI is InChI=1S/C19H24N4O/c1-14-2-5-17-16(12-14)18(6-7-20-17)23-10-8-22(9-11-23)13-19(24)21-15-3-4-15/h2,5-7,12,15H,3-4,8-11,13H2,1H3,(H,21,24). The van der Waals surface area contributed by atoms with E-state index < -0.39 is 0 Å². The lowest BCUT2D eigenvalue weighted by atomic mass is 10.1. The second-order valence-corrected chi connectivity index (χ2v) is 6.96. The molecule has 0 radical (unpaired) electrons. The number of pyridine rings is 1. The van der Waals surface area contributed by atoms with Gasteiger partial charge in [0.15, 0.2) is 0 Å². The van der Waals surface area contributed by atoms with Crippen molar-refractivity contribution in [2.24, 2.45) is 0 Å². The Bertz CT molecular complexity index is 748. The Kier molecular flexibility index (Phi) is 4.10. The van der Waals surface area contributed by atoms with Crippen LogP contribution in [0.2, 0.25) is 0 Å². The fourth-order valence-corrected chi connectivity index (χ4v) is 3.37. The van der Waals surface area contributed by atoms with Gasteiger partial charge in [-0.25, -0.2) is 0 Å². The van der Waals surface area contributed by atoms with Crippen molar-refractivity contribution in [3.05, 3.63) is 36.0 Å². The number of carbonyl (C=O) groups is 1. The fraction of sp³-hybridized carbons (Fsp3) is 0.474. The number of amides is 1. The number of fused-ring (bicyclic) bond motifs is 1. The van der Waals surface area contributed by atoms with Crippen LogP contribution in [0.4, 0.5) is 5.69 Å². The molecule has 126 valence electrons. The molecule has 2 heterocycles. The highest BCUT2D eigenvalue weighted by Gasteiger charge is 2.25. The zero-order valence-corrected chi connectivity index (χ0v) is 14.2. The molecule has 5 heteroatoms. The van der Waals surface area contributed by atoms with Crippen LogP contribution in [0.5, 0.6) is 0 Å². The Morgan fingerprint density at radius 3 is 2.75 bits per heavy atom. The molecule has 1 amide bonds. The number of benzene rings is 1. The average molecular weight is 324 g/mol. The van der Waals surface area contributed by atoms with Gasteiger partial charge < -0.3 is 10.2 Å². The van der Waals surface area contributed by atoms with Crippen molar-refractivity contribution < 1.29 is 4.79 Å². The highest BCUT2D eigenvalue weighted by molar-refractivity contribution is 5.92. The zero-order valence-electron chi connectivity index (χ0n) is 14.2. The van der Waals surface area contributed by atoms with Gasteiger partial charge in [0.2, 0.25) is 5.91 Å². The SMILES string of the molecule is Cc1ccc2nccc(N3CCN(CC(=O)NC4CC4)CC3)c2c1. The Balaban J connectivity index is 1.42. The molecule has 24 heavy (non-hydrogen) atoms. The predicted molar refractivity (Wildman–Crippen MR) is 96.3 cm³/mol. The predicted octanol–water partition coefficient (Wildman–Crippen LogP) is 1.94. The lowest BCUT2D eigenvalue weighted by Gasteiger charge is -2.36. The molecule has 0 bridgehead atoms. The molecule has 2 aromatic rings.